The summed E-state index contributed by atoms with van der Waals surface area (Å²) >= 11 is 6.02. The van der Waals surface area contributed by atoms with Gasteiger partial charge in [0, 0.05) is 17.6 Å². The maximum absolute atomic E-state index is 13.1. The molecule has 1 aliphatic heterocycles. The van der Waals surface area contributed by atoms with Crippen LogP contribution in [0, 0.1) is 0 Å². The van der Waals surface area contributed by atoms with Gasteiger partial charge in [-0.3, -0.25) is 9.59 Å². The van der Waals surface area contributed by atoms with Crippen LogP contribution < -0.4 is 10.2 Å². The van der Waals surface area contributed by atoms with E-state index in [4.69, 9.17) is 20.8 Å². The van der Waals surface area contributed by atoms with Crippen molar-refractivity contribution in [3.63, 3.8) is 0 Å². The molecule has 1 atom stereocenters. The lowest BCUT2D eigenvalue weighted by molar-refractivity contribution is 0.0770. The topological polar surface area (TPSA) is 59.8 Å². The Kier molecular flexibility index (Phi) is 3.54. The van der Waals surface area contributed by atoms with Crippen LogP contribution in [0.5, 0.6) is 5.75 Å². The number of methoxy groups -OCH3 is 1. The van der Waals surface area contributed by atoms with Gasteiger partial charge in [0.05, 0.1) is 24.1 Å². The normalized spacial score (nSPS) is 16.4. The van der Waals surface area contributed by atoms with E-state index in [1.165, 1.54) is 4.90 Å². The summed E-state index contributed by atoms with van der Waals surface area (Å²) in [6, 6.07) is 11.5. The molecule has 126 valence electrons. The van der Waals surface area contributed by atoms with E-state index < -0.39 is 6.04 Å². The molecule has 0 saturated carbocycles. The first kappa shape index (κ1) is 15.7. The molecule has 4 rings (SSSR count). The maximum atomic E-state index is 13.1. The van der Waals surface area contributed by atoms with Gasteiger partial charge in [-0.05, 0) is 24.3 Å². The molecule has 0 radical (unpaired) electrons. The number of carbonyl (C=O) groups is 1. The molecule has 0 spiro atoms. The summed E-state index contributed by atoms with van der Waals surface area (Å²) in [5.41, 5.74) is 1.13. The number of nitrogens with zero attached hydrogens (tertiary/aromatic N) is 1. The van der Waals surface area contributed by atoms with E-state index in [1.807, 2.05) is 18.2 Å². The van der Waals surface area contributed by atoms with Crippen molar-refractivity contribution in [1.82, 2.24) is 4.90 Å². The van der Waals surface area contributed by atoms with Crippen molar-refractivity contribution in [3.05, 3.63) is 74.6 Å². The molecule has 0 N–H and O–H groups in total. The summed E-state index contributed by atoms with van der Waals surface area (Å²) in [5.74, 6) is 0.337. The molecule has 2 heterocycles. The summed E-state index contributed by atoms with van der Waals surface area (Å²) < 4.78 is 11.2. The number of ether oxygens (including phenoxy) is 1. The van der Waals surface area contributed by atoms with Crippen molar-refractivity contribution in [1.29, 1.82) is 0 Å². The smallest absolute Gasteiger partial charge is 0.290 e. The molecule has 6 heteroatoms. The van der Waals surface area contributed by atoms with Crippen LogP contribution in [0.2, 0.25) is 5.02 Å². The first-order valence-electron chi connectivity index (χ1n) is 7.69. The zero-order valence-electron chi connectivity index (χ0n) is 13.6. The zero-order chi connectivity index (χ0) is 17.7. The third-order valence-electron chi connectivity index (χ3n) is 4.50. The summed E-state index contributed by atoms with van der Waals surface area (Å²) in [7, 11) is 3.20. The highest BCUT2D eigenvalue weighted by atomic mass is 35.5. The molecular weight excluding hydrogens is 342 g/mol. The quantitative estimate of drug-likeness (QED) is 0.704. The molecule has 2 aromatic carbocycles. The van der Waals surface area contributed by atoms with Crippen LogP contribution in [0.1, 0.15) is 27.7 Å². The van der Waals surface area contributed by atoms with Gasteiger partial charge in [-0.1, -0.05) is 29.8 Å². The van der Waals surface area contributed by atoms with E-state index >= 15 is 0 Å². The van der Waals surface area contributed by atoms with Crippen molar-refractivity contribution in [2.45, 2.75) is 6.04 Å². The van der Waals surface area contributed by atoms with Gasteiger partial charge >= 0.3 is 0 Å². The summed E-state index contributed by atoms with van der Waals surface area (Å²) in [5, 5.41) is 0.792. The van der Waals surface area contributed by atoms with Crippen LogP contribution in [-0.2, 0) is 0 Å². The van der Waals surface area contributed by atoms with Crippen LogP contribution in [-0.4, -0.2) is 25.0 Å². The van der Waals surface area contributed by atoms with Gasteiger partial charge in [-0.2, -0.15) is 0 Å². The number of benzene rings is 2. The Bertz CT molecular complexity index is 1070. The molecular formula is C19H14ClNO4. The van der Waals surface area contributed by atoms with Gasteiger partial charge in [0.2, 0.25) is 5.76 Å². The molecule has 1 aromatic heterocycles. The number of hydrogen-bond donors (Lipinski definition) is 0. The SMILES string of the molecule is COc1ccccc1[C@@H]1c2c(oc3ccc(Cl)cc3c2=O)C(=O)N1C. The molecule has 1 aliphatic rings. The summed E-state index contributed by atoms with van der Waals surface area (Å²) in [4.78, 5) is 27.3. The van der Waals surface area contributed by atoms with Crippen LogP contribution >= 0.6 is 11.6 Å². The van der Waals surface area contributed by atoms with E-state index in [-0.39, 0.29) is 17.1 Å². The molecule has 0 aliphatic carbocycles. The first-order valence-corrected chi connectivity index (χ1v) is 8.07. The van der Waals surface area contributed by atoms with Crippen molar-refractivity contribution in [2.75, 3.05) is 14.2 Å². The first-order chi connectivity index (χ1) is 12.0. The van der Waals surface area contributed by atoms with E-state index in [0.717, 1.165) is 5.56 Å². The lowest BCUT2D eigenvalue weighted by Crippen LogP contribution is -2.25. The fourth-order valence-electron chi connectivity index (χ4n) is 3.32. The monoisotopic (exact) mass is 355 g/mol. The van der Waals surface area contributed by atoms with Crippen molar-refractivity contribution >= 4 is 28.5 Å². The molecule has 0 unspecified atom stereocenters. The zero-order valence-corrected chi connectivity index (χ0v) is 14.3. The Labute approximate surface area is 148 Å². The third-order valence-corrected chi connectivity index (χ3v) is 4.73. The average molecular weight is 356 g/mol. The predicted molar refractivity (Wildman–Crippen MR) is 94.4 cm³/mol. The molecule has 0 bridgehead atoms. The highest BCUT2D eigenvalue weighted by Gasteiger charge is 2.41. The molecule has 0 saturated heterocycles. The van der Waals surface area contributed by atoms with Crippen molar-refractivity contribution in [3.8, 4) is 5.75 Å². The van der Waals surface area contributed by atoms with Crippen LogP contribution in [0.25, 0.3) is 11.0 Å². The molecule has 25 heavy (non-hydrogen) atoms. The van der Waals surface area contributed by atoms with Crippen LogP contribution in [0.3, 0.4) is 0 Å². The van der Waals surface area contributed by atoms with Gasteiger partial charge in [-0.25, -0.2) is 0 Å². The van der Waals surface area contributed by atoms with Crippen LogP contribution in [0.4, 0.5) is 0 Å². The van der Waals surface area contributed by atoms with Crippen molar-refractivity contribution < 1.29 is 13.9 Å². The predicted octanol–water partition coefficient (Wildman–Crippen LogP) is 3.63. The molecule has 3 aromatic rings. The van der Waals surface area contributed by atoms with Gasteiger partial charge < -0.3 is 14.1 Å². The van der Waals surface area contributed by atoms with Gasteiger partial charge in [0.1, 0.15) is 11.3 Å². The Morgan fingerprint density at radius 3 is 2.68 bits per heavy atom. The number of carbonyl (C=O) groups excluding carboxylic acids is 1. The van der Waals surface area contributed by atoms with E-state index in [2.05, 4.69) is 0 Å². The number of rotatable bonds is 2. The molecule has 1 amide bonds. The second kappa shape index (κ2) is 5.63. The van der Waals surface area contributed by atoms with E-state index in [9.17, 15) is 9.59 Å². The minimum Gasteiger partial charge on any atom is -0.496 e. The second-order valence-electron chi connectivity index (χ2n) is 5.88. The average Bonchev–Trinajstić information content (AvgIpc) is 2.87. The minimum absolute atomic E-state index is 0.0678. The van der Waals surface area contributed by atoms with Crippen molar-refractivity contribution in [2.24, 2.45) is 0 Å². The number of halogens is 1. The Morgan fingerprint density at radius 2 is 1.92 bits per heavy atom. The number of hydrogen-bond acceptors (Lipinski definition) is 4. The second-order valence-corrected chi connectivity index (χ2v) is 6.31. The minimum atomic E-state index is -0.571. The Hall–Kier alpha value is -2.79. The highest BCUT2D eigenvalue weighted by molar-refractivity contribution is 6.31. The number of fused-ring (bicyclic) bond motifs is 2. The Balaban J connectivity index is 2.06. The lowest BCUT2D eigenvalue weighted by Gasteiger charge is -2.22. The third kappa shape index (κ3) is 2.23. The Morgan fingerprint density at radius 1 is 1.16 bits per heavy atom. The number of amides is 1. The van der Waals surface area contributed by atoms with E-state index in [0.29, 0.717) is 27.3 Å². The van der Waals surface area contributed by atoms with Gasteiger partial charge in [0.25, 0.3) is 5.91 Å². The van der Waals surface area contributed by atoms with Gasteiger partial charge in [0.15, 0.2) is 5.43 Å². The van der Waals surface area contributed by atoms with Crippen LogP contribution in [0.15, 0.2) is 51.7 Å². The largest absolute Gasteiger partial charge is 0.496 e. The fourth-order valence-corrected chi connectivity index (χ4v) is 3.49. The lowest BCUT2D eigenvalue weighted by atomic mass is 9.98. The summed E-state index contributed by atoms with van der Waals surface area (Å²) in [6.45, 7) is 0. The highest BCUT2D eigenvalue weighted by Crippen LogP contribution is 2.40. The van der Waals surface area contributed by atoms with Gasteiger partial charge in [-0.15, -0.1) is 0 Å². The molecule has 5 nitrogen and oxygen atoms in total. The summed E-state index contributed by atoms with van der Waals surface area (Å²) in [6.07, 6.45) is 0. The van der Waals surface area contributed by atoms with E-state index in [1.54, 1.807) is 38.4 Å². The maximum Gasteiger partial charge on any atom is 0.290 e. The number of para-hydroxylation sites is 1. The molecule has 0 fully saturated rings. The standard InChI is InChI=1S/C19H14ClNO4/c1-21-16(11-5-3-4-6-13(11)24-2)15-17(22)12-9-10(20)7-8-14(12)25-18(15)19(21)23/h3-9,16H,1-2H3/t16-/m1/s1. The fraction of sp³-hybridized carbons (Fsp3) is 0.158.